The third-order valence-corrected chi connectivity index (χ3v) is 9.80. The van der Waals surface area contributed by atoms with Gasteiger partial charge in [0.2, 0.25) is 0 Å². The zero-order valence-electron chi connectivity index (χ0n) is 19.1. The van der Waals surface area contributed by atoms with E-state index in [0.29, 0.717) is 25.2 Å². The molecule has 2 unspecified atom stereocenters. The number of aliphatic carboxylic acids is 1. The van der Waals surface area contributed by atoms with Crippen molar-refractivity contribution in [3.63, 3.8) is 0 Å². The third-order valence-electron chi connectivity index (χ3n) is 9.80. The zero-order chi connectivity index (χ0) is 22.8. The molecule has 0 aromatic heterocycles. The molecule has 4 aliphatic carbocycles. The molecule has 0 spiro atoms. The maximum Gasteiger partial charge on any atom is 0.307 e. The average molecular weight is 437 g/mol. The summed E-state index contributed by atoms with van der Waals surface area (Å²) in [5.41, 5.74) is -2.22. The lowest BCUT2D eigenvalue weighted by molar-refractivity contribution is -0.253. The standard InChI is InChI=1S/C24H36O7/c1-13(25)30-16-7-9-22(3)15(11-16)5-6-17-19(22)12-20(31-14(2)26)23(4)18(21(27)28)8-10-24(17,23)29/h15-20,29H,5-12H2,1-4H3,(H,27,28)/t15-,16?,17-,18-,19+,20?,22+,23+,24-/m1/s1. The van der Waals surface area contributed by atoms with Crippen molar-refractivity contribution in [1.82, 2.24) is 0 Å². The predicted molar refractivity (Wildman–Crippen MR) is 111 cm³/mol. The molecule has 4 saturated carbocycles. The van der Waals surface area contributed by atoms with Gasteiger partial charge in [0.25, 0.3) is 0 Å². The molecular weight excluding hydrogens is 400 g/mol. The number of carboxylic acid groups (broad SMARTS) is 1. The Morgan fingerprint density at radius 3 is 2.16 bits per heavy atom. The van der Waals surface area contributed by atoms with Crippen LogP contribution >= 0.6 is 0 Å². The lowest BCUT2D eigenvalue weighted by Crippen LogP contribution is -2.68. The minimum Gasteiger partial charge on any atom is -0.481 e. The van der Waals surface area contributed by atoms with Crippen LogP contribution in [0.15, 0.2) is 0 Å². The lowest BCUT2D eigenvalue weighted by atomic mass is 9.42. The van der Waals surface area contributed by atoms with E-state index < -0.39 is 35.0 Å². The van der Waals surface area contributed by atoms with Crippen molar-refractivity contribution >= 4 is 17.9 Å². The van der Waals surface area contributed by atoms with Gasteiger partial charge in [0.05, 0.1) is 11.5 Å². The molecule has 4 fully saturated rings. The van der Waals surface area contributed by atoms with Crippen LogP contribution in [0.2, 0.25) is 0 Å². The molecule has 0 amide bonds. The summed E-state index contributed by atoms with van der Waals surface area (Å²) < 4.78 is 11.3. The molecular formula is C24H36O7. The van der Waals surface area contributed by atoms with Crippen LogP contribution < -0.4 is 0 Å². The van der Waals surface area contributed by atoms with Gasteiger partial charge in [-0.15, -0.1) is 0 Å². The van der Waals surface area contributed by atoms with Crippen molar-refractivity contribution in [2.75, 3.05) is 0 Å². The number of ether oxygens (including phenoxy) is 2. The number of fused-ring (bicyclic) bond motifs is 5. The summed E-state index contributed by atoms with van der Waals surface area (Å²) in [7, 11) is 0. The van der Waals surface area contributed by atoms with Crippen LogP contribution in [0.3, 0.4) is 0 Å². The van der Waals surface area contributed by atoms with Crippen LogP contribution in [0.25, 0.3) is 0 Å². The topological polar surface area (TPSA) is 110 Å². The van der Waals surface area contributed by atoms with Gasteiger partial charge in [0.1, 0.15) is 12.2 Å². The summed E-state index contributed by atoms with van der Waals surface area (Å²) in [6.45, 7) is 6.91. The molecule has 4 aliphatic rings. The Kier molecular flexibility index (Phi) is 5.43. The highest BCUT2D eigenvalue weighted by atomic mass is 16.5. The highest BCUT2D eigenvalue weighted by Crippen LogP contribution is 2.69. The second kappa shape index (κ2) is 7.46. The number of rotatable bonds is 3. The monoisotopic (exact) mass is 436 g/mol. The van der Waals surface area contributed by atoms with E-state index in [2.05, 4.69) is 6.92 Å². The van der Waals surface area contributed by atoms with Crippen molar-refractivity contribution in [2.45, 2.75) is 96.9 Å². The Labute approximate surface area is 183 Å². The summed E-state index contributed by atoms with van der Waals surface area (Å²) in [6, 6.07) is 0. The minimum atomic E-state index is -1.17. The van der Waals surface area contributed by atoms with Crippen LogP contribution in [0.4, 0.5) is 0 Å². The Balaban J connectivity index is 1.69. The first kappa shape index (κ1) is 22.6. The molecule has 7 heteroatoms. The molecule has 4 rings (SSSR count). The average Bonchev–Trinajstić information content (AvgIpc) is 2.95. The SMILES string of the molecule is CC(=O)OC1CC[C@@]2(C)[C@H](CC[C@@H]3[C@@H]2CC(OC(C)=O)[C@]2(C)[C@@H](C(=O)O)CC[C@@]32O)C1. The van der Waals surface area contributed by atoms with Crippen molar-refractivity contribution in [2.24, 2.45) is 34.5 Å². The molecule has 0 aromatic rings. The number of carboxylic acids is 1. The quantitative estimate of drug-likeness (QED) is 0.653. The summed E-state index contributed by atoms with van der Waals surface area (Å²) >= 11 is 0. The molecule has 0 saturated heterocycles. The molecule has 0 aromatic carbocycles. The van der Waals surface area contributed by atoms with Crippen molar-refractivity contribution < 1.29 is 34.1 Å². The largest absolute Gasteiger partial charge is 0.481 e. The van der Waals surface area contributed by atoms with E-state index in [1.54, 1.807) is 0 Å². The number of hydrogen-bond acceptors (Lipinski definition) is 6. The van der Waals surface area contributed by atoms with Crippen molar-refractivity contribution in [3.8, 4) is 0 Å². The molecule has 0 heterocycles. The van der Waals surface area contributed by atoms with Crippen LogP contribution in [-0.2, 0) is 23.9 Å². The molecule has 9 atom stereocenters. The minimum absolute atomic E-state index is 0.0137. The molecule has 7 nitrogen and oxygen atoms in total. The Morgan fingerprint density at radius 2 is 1.55 bits per heavy atom. The van der Waals surface area contributed by atoms with Crippen molar-refractivity contribution in [1.29, 1.82) is 0 Å². The van der Waals surface area contributed by atoms with Gasteiger partial charge in [-0.1, -0.05) is 13.8 Å². The first-order valence-corrected chi connectivity index (χ1v) is 11.7. The highest BCUT2D eigenvalue weighted by molar-refractivity contribution is 5.73. The second-order valence-corrected chi connectivity index (χ2v) is 11.0. The number of aliphatic hydroxyl groups is 1. The van der Waals surface area contributed by atoms with Crippen LogP contribution in [-0.4, -0.2) is 45.9 Å². The molecule has 0 bridgehead atoms. The molecule has 0 radical (unpaired) electrons. The maximum atomic E-state index is 12.1. The highest BCUT2D eigenvalue weighted by Gasteiger charge is 2.72. The Hall–Kier alpha value is -1.63. The summed E-state index contributed by atoms with van der Waals surface area (Å²) in [4.78, 5) is 35.6. The summed E-state index contributed by atoms with van der Waals surface area (Å²) in [6.07, 6.45) is 4.99. The third kappa shape index (κ3) is 3.21. The number of carbonyl (C=O) groups excluding carboxylic acids is 2. The number of carbonyl (C=O) groups is 3. The second-order valence-electron chi connectivity index (χ2n) is 11.0. The van der Waals surface area contributed by atoms with Gasteiger partial charge in [-0.2, -0.15) is 0 Å². The van der Waals surface area contributed by atoms with Crippen LogP contribution in [0, 0.1) is 34.5 Å². The number of hydrogen-bond donors (Lipinski definition) is 2. The molecule has 0 aliphatic heterocycles. The van der Waals surface area contributed by atoms with E-state index in [4.69, 9.17) is 9.47 Å². The fourth-order valence-corrected chi connectivity index (χ4v) is 8.25. The van der Waals surface area contributed by atoms with E-state index >= 15 is 0 Å². The van der Waals surface area contributed by atoms with E-state index in [9.17, 15) is 24.6 Å². The van der Waals surface area contributed by atoms with Gasteiger partial charge in [-0.3, -0.25) is 14.4 Å². The van der Waals surface area contributed by atoms with E-state index in [1.807, 2.05) is 6.92 Å². The van der Waals surface area contributed by atoms with E-state index in [1.165, 1.54) is 13.8 Å². The Bertz CT molecular complexity index is 780. The fraction of sp³-hybridized carbons (Fsp3) is 0.875. The Morgan fingerprint density at radius 1 is 0.871 bits per heavy atom. The smallest absolute Gasteiger partial charge is 0.307 e. The predicted octanol–water partition coefficient (Wildman–Crippen LogP) is 3.32. The lowest BCUT2D eigenvalue weighted by Gasteiger charge is -2.64. The number of esters is 2. The first-order valence-electron chi connectivity index (χ1n) is 11.7. The van der Waals surface area contributed by atoms with Crippen molar-refractivity contribution in [3.05, 3.63) is 0 Å². The summed E-state index contributed by atoms with van der Waals surface area (Å²) in [5.74, 6) is -1.83. The van der Waals surface area contributed by atoms with Gasteiger partial charge in [-0.25, -0.2) is 0 Å². The first-order chi connectivity index (χ1) is 14.4. The van der Waals surface area contributed by atoms with Crippen LogP contribution in [0.5, 0.6) is 0 Å². The summed E-state index contributed by atoms with van der Waals surface area (Å²) in [5, 5.41) is 22.0. The van der Waals surface area contributed by atoms with Gasteiger partial charge in [-0.05, 0) is 74.5 Å². The zero-order valence-corrected chi connectivity index (χ0v) is 19.1. The maximum absolute atomic E-state index is 12.1. The van der Waals surface area contributed by atoms with Gasteiger partial charge in [0, 0.05) is 19.3 Å². The van der Waals surface area contributed by atoms with Gasteiger partial charge in [0.15, 0.2) is 0 Å². The van der Waals surface area contributed by atoms with Gasteiger partial charge < -0.3 is 19.7 Å². The molecule has 31 heavy (non-hydrogen) atoms. The van der Waals surface area contributed by atoms with E-state index in [0.717, 1.165) is 32.1 Å². The van der Waals surface area contributed by atoms with E-state index in [-0.39, 0.29) is 29.3 Å². The molecule has 2 N–H and O–H groups in total. The molecule has 174 valence electrons. The normalized spacial score (nSPS) is 48.7. The van der Waals surface area contributed by atoms with Gasteiger partial charge >= 0.3 is 17.9 Å². The fourth-order valence-electron chi connectivity index (χ4n) is 8.25. The van der Waals surface area contributed by atoms with Crippen LogP contribution in [0.1, 0.15) is 79.1 Å².